The number of benzene rings is 1. The number of fused-ring (bicyclic) bond motifs is 6. The number of anilines is 1. The Hall–Kier alpha value is -2.87. The number of rotatable bonds is 8. The van der Waals surface area contributed by atoms with Crippen LogP contribution < -0.4 is 5.32 Å². The Morgan fingerprint density at radius 2 is 1.79 bits per heavy atom. The number of esters is 3. The van der Waals surface area contributed by atoms with Crippen molar-refractivity contribution >= 4 is 46.1 Å². The highest BCUT2D eigenvalue weighted by molar-refractivity contribution is 6.31. The van der Waals surface area contributed by atoms with Crippen molar-refractivity contribution in [1.82, 2.24) is 4.98 Å². The highest BCUT2D eigenvalue weighted by Gasteiger charge is 2.67. The van der Waals surface area contributed by atoms with Crippen LogP contribution in [0, 0.1) is 46.3 Å². The molecule has 1 aromatic carbocycles. The highest BCUT2D eigenvalue weighted by atomic mass is 35.5. The lowest BCUT2D eigenvalue weighted by Gasteiger charge is -2.64. The molecule has 0 saturated heterocycles. The van der Waals surface area contributed by atoms with E-state index in [1.54, 1.807) is 0 Å². The minimum absolute atomic E-state index is 0.0294. The van der Waals surface area contributed by atoms with Gasteiger partial charge >= 0.3 is 17.9 Å². The Bertz CT molecular complexity index is 1520. The van der Waals surface area contributed by atoms with E-state index in [4.69, 9.17) is 25.8 Å². The number of methoxy groups -OCH3 is 1. The van der Waals surface area contributed by atoms with E-state index in [9.17, 15) is 14.4 Å². The van der Waals surface area contributed by atoms with Gasteiger partial charge in [-0.05, 0) is 111 Å². The normalized spacial score (nSPS) is 36.7. The van der Waals surface area contributed by atoms with Crippen molar-refractivity contribution in [3.8, 4) is 0 Å². The van der Waals surface area contributed by atoms with E-state index in [1.165, 1.54) is 21.0 Å². The molecule has 0 spiro atoms. The molecular weight excluding hydrogens is 616 g/mol. The van der Waals surface area contributed by atoms with Crippen LogP contribution in [0.1, 0.15) is 92.4 Å². The second kappa shape index (κ2) is 13.2. The van der Waals surface area contributed by atoms with Gasteiger partial charge in [-0.1, -0.05) is 32.4 Å². The van der Waals surface area contributed by atoms with Gasteiger partial charge < -0.3 is 19.5 Å². The highest BCUT2D eigenvalue weighted by Crippen LogP contribution is 2.69. The molecular formula is C38H51ClN2O6. The van der Waals surface area contributed by atoms with Gasteiger partial charge in [-0.3, -0.25) is 19.4 Å². The Labute approximate surface area is 284 Å². The Morgan fingerprint density at radius 1 is 1.02 bits per heavy atom. The van der Waals surface area contributed by atoms with Crippen LogP contribution >= 0.6 is 11.6 Å². The van der Waals surface area contributed by atoms with Crippen molar-refractivity contribution in [2.45, 2.75) is 111 Å². The number of carbonyl (C=O) groups excluding carboxylic acids is 3. The molecule has 6 rings (SSSR count). The summed E-state index contributed by atoms with van der Waals surface area (Å²) in [6.45, 7) is 10.1. The summed E-state index contributed by atoms with van der Waals surface area (Å²) in [5.41, 5.74) is 1.69. The number of aromatic nitrogens is 1. The molecule has 1 heterocycles. The van der Waals surface area contributed by atoms with E-state index < -0.39 is 0 Å². The molecule has 9 heteroatoms. The zero-order valence-corrected chi connectivity index (χ0v) is 29.5. The third-order valence-corrected chi connectivity index (χ3v) is 13.4. The molecule has 8 nitrogen and oxygen atoms in total. The molecule has 4 aliphatic rings. The SMILES string of the molecule is COC(=O)CC[C@@H](C)[C@H]1CC[C@H]2[C@@H]3[C@H](OC(C)=O)C[C@@H]4C[C@H](Nc5ccnc6cc(Cl)ccc56)CC[C@]4(C)[C@H]3C[C@H](OC(C)=O)[C@]12C. The smallest absolute Gasteiger partial charge is 0.305 e. The average Bonchev–Trinajstić information content (AvgIpc) is 3.38. The third-order valence-electron chi connectivity index (χ3n) is 13.2. The van der Waals surface area contributed by atoms with E-state index in [0.717, 1.165) is 68.0 Å². The molecule has 11 atom stereocenters. The van der Waals surface area contributed by atoms with Crippen molar-refractivity contribution in [3.63, 3.8) is 0 Å². The lowest BCUT2D eigenvalue weighted by molar-refractivity contribution is -0.220. The van der Waals surface area contributed by atoms with Crippen LogP contribution in [-0.4, -0.2) is 48.3 Å². The van der Waals surface area contributed by atoms with Crippen molar-refractivity contribution in [3.05, 3.63) is 35.5 Å². The van der Waals surface area contributed by atoms with Crippen LogP contribution in [-0.2, 0) is 28.6 Å². The maximum atomic E-state index is 12.7. The molecule has 2 aromatic rings. The number of hydrogen-bond acceptors (Lipinski definition) is 8. The predicted octanol–water partition coefficient (Wildman–Crippen LogP) is 8.00. The van der Waals surface area contributed by atoms with Gasteiger partial charge in [-0.25, -0.2) is 0 Å². The average molecular weight is 667 g/mol. The largest absolute Gasteiger partial charge is 0.469 e. The Balaban J connectivity index is 1.29. The van der Waals surface area contributed by atoms with Gasteiger partial charge in [0.25, 0.3) is 0 Å². The lowest BCUT2D eigenvalue weighted by atomic mass is 9.43. The molecule has 0 bridgehead atoms. The Morgan fingerprint density at radius 3 is 2.51 bits per heavy atom. The molecule has 0 aliphatic heterocycles. The number of ether oxygens (including phenoxy) is 3. The van der Waals surface area contributed by atoms with Crippen LogP contribution in [0.5, 0.6) is 0 Å². The number of nitrogens with one attached hydrogen (secondary N) is 1. The van der Waals surface area contributed by atoms with E-state index >= 15 is 0 Å². The topological polar surface area (TPSA) is 104 Å². The maximum absolute atomic E-state index is 12.7. The standard InChI is InChI=1S/C38H51ClN2O6/c1-21(7-12-35(44)45-6)28-10-11-29-36-30(20-34(38(28,29)5)47-23(3)43)37(4)15-13-26(17-24(37)18-33(36)46-22(2)42)41-31-14-16-40-32-19-25(39)8-9-27(31)32/h8-9,14,16,19,21,24,26,28-30,33-34,36H,7,10-13,15,17-18,20H2,1-6H3,(H,40,41)/t21-,24+,26-,28-,29+,30+,33-,34+,36+,37+,38-/m1/s1. The fourth-order valence-corrected chi connectivity index (χ4v) is 11.2. The first-order chi connectivity index (χ1) is 22.3. The van der Waals surface area contributed by atoms with Gasteiger partial charge in [0.05, 0.1) is 12.6 Å². The first kappa shape index (κ1) is 34.0. The van der Waals surface area contributed by atoms with Gasteiger partial charge in [0.2, 0.25) is 0 Å². The second-order valence-corrected chi connectivity index (χ2v) is 15.9. The quantitative estimate of drug-likeness (QED) is 0.223. The number of hydrogen-bond donors (Lipinski definition) is 1. The fraction of sp³-hybridized carbons (Fsp3) is 0.684. The summed E-state index contributed by atoms with van der Waals surface area (Å²) >= 11 is 6.25. The van der Waals surface area contributed by atoms with Gasteiger partial charge in [0.15, 0.2) is 0 Å². The molecule has 4 fully saturated rings. The molecule has 47 heavy (non-hydrogen) atoms. The number of carbonyl (C=O) groups is 3. The zero-order valence-electron chi connectivity index (χ0n) is 28.7. The second-order valence-electron chi connectivity index (χ2n) is 15.5. The summed E-state index contributed by atoms with van der Waals surface area (Å²) in [5.74, 6) is 0.962. The van der Waals surface area contributed by atoms with E-state index in [-0.39, 0.29) is 76.6 Å². The summed E-state index contributed by atoms with van der Waals surface area (Å²) in [6.07, 6.45) is 9.23. The first-order valence-electron chi connectivity index (χ1n) is 17.6. The molecule has 4 saturated carbocycles. The summed E-state index contributed by atoms with van der Waals surface area (Å²) in [5, 5.41) is 5.57. The van der Waals surface area contributed by atoms with Gasteiger partial charge in [0.1, 0.15) is 12.2 Å². The van der Waals surface area contributed by atoms with Gasteiger partial charge in [-0.15, -0.1) is 0 Å². The van der Waals surface area contributed by atoms with Crippen LogP contribution in [0.25, 0.3) is 10.9 Å². The number of nitrogens with zero attached hydrogens (tertiary/aromatic N) is 1. The third kappa shape index (κ3) is 6.24. The number of pyridine rings is 1. The molecule has 1 N–H and O–H groups in total. The summed E-state index contributed by atoms with van der Waals surface area (Å²) in [4.78, 5) is 41.9. The molecule has 0 radical (unpaired) electrons. The van der Waals surface area contributed by atoms with Crippen LogP contribution in [0.15, 0.2) is 30.5 Å². The van der Waals surface area contributed by atoms with Crippen molar-refractivity contribution in [2.75, 3.05) is 12.4 Å². The molecule has 4 aliphatic carbocycles. The maximum Gasteiger partial charge on any atom is 0.305 e. The minimum Gasteiger partial charge on any atom is -0.469 e. The van der Waals surface area contributed by atoms with E-state index in [2.05, 4.69) is 31.1 Å². The molecule has 0 unspecified atom stereocenters. The van der Waals surface area contributed by atoms with Crippen LogP contribution in [0.4, 0.5) is 5.69 Å². The summed E-state index contributed by atoms with van der Waals surface area (Å²) in [7, 11) is 1.44. The summed E-state index contributed by atoms with van der Waals surface area (Å²) < 4.78 is 17.5. The molecule has 256 valence electrons. The number of halogens is 1. The van der Waals surface area contributed by atoms with Crippen LogP contribution in [0.2, 0.25) is 5.02 Å². The summed E-state index contributed by atoms with van der Waals surface area (Å²) in [6, 6.07) is 8.14. The Kier molecular flexibility index (Phi) is 9.56. The van der Waals surface area contributed by atoms with E-state index in [1.807, 2.05) is 30.5 Å². The molecule has 0 amide bonds. The minimum atomic E-state index is -0.270. The van der Waals surface area contributed by atoms with E-state index in [0.29, 0.717) is 17.4 Å². The van der Waals surface area contributed by atoms with Gasteiger partial charge in [-0.2, -0.15) is 0 Å². The van der Waals surface area contributed by atoms with Crippen molar-refractivity contribution in [2.24, 2.45) is 46.3 Å². The molecule has 1 aromatic heterocycles. The van der Waals surface area contributed by atoms with Crippen molar-refractivity contribution < 1.29 is 28.6 Å². The predicted molar refractivity (Wildman–Crippen MR) is 182 cm³/mol. The fourth-order valence-electron chi connectivity index (χ4n) is 11.1. The lowest BCUT2D eigenvalue weighted by Crippen LogP contribution is -2.63. The van der Waals surface area contributed by atoms with Crippen LogP contribution in [0.3, 0.4) is 0 Å². The van der Waals surface area contributed by atoms with Crippen molar-refractivity contribution in [1.29, 1.82) is 0 Å². The van der Waals surface area contributed by atoms with Gasteiger partial charge in [0, 0.05) is 59.9 Å². The monoisotopic (exact) mass is 666 g/mol. The zero-order chi connectivity index (χ0) is 33.7. The first-order valence-corrected chi connectivity index (χ1v) is 17.9.